The predicted octanol–water partition coefficient (Wildman–Crippen LogP) is 3.76. The van der Waals surface area contributed by atoms with Crippen LogP contribution in [-0.2, 0) is 19.1 Å². The summed E-state index contributed by atoms with van der Waals surface area (Å²) in [5, 5.41) is 11.2. The number of benzene rings is 2. The zero-order valence-corrected chi connectivity index (χ0v) is 20.5. The molecule has 3 rings (SSSR count). The van der Waals surface area contributed by atoms with Gasteiger partial charge in [-0.25, -0.2) is 4.90 Å². The minimum atomic E-state index is -1.15. The monoisotopic (exact) mass is 503 g/mol. The number of carbonyl (C=O) groups excluding carboxylic acids is 3. The largest absolute Gasteiger partial charge is 0.354 e. The fourth-order valence-corrected chi connectivity index (χ4v) is 4.03. The number of methoxy groups -OCH3 is 2. The van der Waals surface area contributed by atoms with Gasteiger partial charge in [-0.15, -0.1) is 0 Å². The number of imide groups is 1. The maximum Gasteiger partial charge on any atom is 0.288 e. The number of hydrogen-bond donors (Lipinski definition) is 0. The van der Waals surface area contributed by atoms with E-state index >= 15 is 0 Å². The number of ether oxygens (including phenoxy) is 2. The lowest BCUT2D eigenvalue weighted by atomic mass is 10.0. The summed E-state index contributed by atoms with van der Waals surface area (Å²) < 4.78 is 10.4. The standard InChI is InChI=1S/C24H26ClN3O7/c1-14(2)15-5-8-17(9-6-15)27-21(29)12-20(24(27)31)26(13-22(34-3)35-4)23(30)16-7-10-18(25)19(11-16)28(32)33/h5-11,14,20,22H,12-13H2,1-4H3. The number of rotatable bonds is 9. The lowest BCUT2D eigenvalue weighted by molar-refractivity contribution is -0.384. The van der Waals surface area contributed by atoms with Gasteiger partial charge in [0.15, 0.2) is 6.29 Å². The van der Waals surface area contributed by atoms with Crippen LogP contribution in [0, 0.1) is 10.1 Å². The molecular formula is C24H26ClN3O7. The van der Waals surface area contributed by atoms with Crippen LogP contribution in [0.2, 0.25) is 5.02 Å². The van der Waals surface area contributed by atoms with E-state index in [1.165, 1.54) is 26.4 Å². The van der Waals surface area contributed by atoms with Gasteiger partial charge in [0, 0.05) is 25.8 Å². The maximum absolute atomic E-state index is 13.5. The molecule has 1 saturated heterocycles. The van der Waals surface area contributed by atoms with E-state index < -0.39 is 40.7 Å². The van der Waals surface area contributed by atoms with Gasteiger partial charge in [-0.1, -0.05) is 37.6 Å². The van der Waals surface area contributed by atoms with E-state index in [1.54, 1.807) is 12.1 Å². The molecule has 0 aliphatic carbocycles. The van der Waals surface area contributed by atoms with Gasteiger partial charge < -0.3 is 14.4 Å². The van der Waals surface area contributed by atoms with Crippen molar-refractivity contribution in [3.8, 4) is 0 Å². The van der Waals surface area contributed by atoms with Crippen molar-refractivity contribution in [2.45, 2.75) is 38.5 Å². The summed E-state index contributed by atoms with van der Waals surface area (Å²) in [4.78, 5) is 52.6. The van der Waals surface area contributed by atoms with E-state index in [-0.39, 0.29) is 29.5 Å². The number of carbonyl (C=O) groups is 3. The normalized spacial score (nSPS) is 15.9. The topological polar surface area (TPSA) is 119 Å². The lowest BCUT2D eigenvalue weighted by Gasteiger charge is -2.30. The number of amides is 3. The quantitative estimate of drug-likeness (QED) is 0.221. The van der Waals surface area contributed by atoms with Crippen LogP contribution in [-0.4, -0.2) is 60.6 Å². The van der Waals surface area contributed by atoms with Gasteiger partial charge in [-0.3, -0.25) is 24.5 Å². The Hall–Kier alpha value is -3.34. The molecule has 1 aliphatic heterocycles. The molecule has 1 atom stereocenters. The van der Waals surface area contributed by atoms with Crippen molar-refractivity contribution in [3.63, 3.8) is 0 Å². The summed E-state index contributed by atoms with van der Waals surface area (Å²) in [5.41, 5.74) is 0.935. The van der Waals surface area contributed by atoms with Crippen molar-refractivity contribution >= 4 is 40.7 Å². The molecule has 11 heteroatoms. The van der Waals surface area contributed by atoms with Crippen LogP contribution < -0.4 is 4.90 Å². The number of halogens is 1. The smallest absolute Gasteiger partial charge is 0.288 e. The Balaban J connectivity index is 1.97. The second kappa shape index (κ2) is 10.9. The number of nitro benzene ring substituents is 1. The second-order valence-corrected chi connectivity index (χ2v) is 8.72. The number of nitrogens with zero attached hydrogens (tertiary/aromatic N) is 3. The molecule has 186 valence electrons. The Labute approximate surface area is 207 Å². The highest BCUT2D eigenvalue weighted by molar-refractivity contribution is 6.32. The molecule has 1 aliphatic rings. The molecule has 0 radical (unpaired) electrons. The minimum Gasteiger partial charge on any atom is -0.354 e. The van der Waals surface area contributed by atoms with Crippen LogP contribution in [0.5, 0.6) is 0 Å². The average molecular weight is 504 g/mol. The molecule has 1 unspecified atom stereocenters. The zero-order chi connectivity index (χ0) is 25.9. The summed E-state index contributed by atoms with van der Waals surface area (Å²) in [6.45, 7) is 3.87. The summed E-state index contributed by atoms with van der Waals surface area (Å²) in [6.07, 6.45) is -1.16. The molecule has 0 spiro atoms. The average Bonchev–Trinajstić information content (AvgIpc) is 3.13. The van der Waals surface area contributed by atoms with Crippen LogP contribution in [0.3, 0.4) is 0 Å². The molecule has 1 heterocycles. The van der Waals surface area contributed by atoms with Crippen LogP contribution in [0.25, 0.3) is 0 Å². The van der Waals surface area contributed by atoms with Gasteiger partial charge in [-0.2, -0.15) is 0 Å². The third-order valence-electron chi connectivity index (χ3n) is 5.84. The number of anilines is 1. The molecule has 0 aromatic heterocycles. The van der Waals surface area contributed by atoms with Gasteiger partial charge in [0.05, 0.1) is 23.6 Å². The molecule has 35 heavy (non-hydrogen) atoms. The first-order valence-corrected chi connectivity index (χ1v) is 11.2. The van der Waals surface area contributed by atoms with Crippen LogP contribution in [0.1, 0.15) is 42.1 Å². The van der Waals surface area contributed by atoms with E-state index in [9.17, 15) is 24.5 Å². The summed E-state index contributed by atoms with van der Waals surface area (Å²) >= 11 is 5.88. The SMILES string of the molecule is COC(CN(C(=O)c1ccc(Cl)c([N+](=O)[O-])c1)C1CC(=O)N(c2ccc(C(C)C)cc2)C1=O)OC. The van der Waals surface area contributed by atoms with Gasteiger partial charge in [-0.05, 0) is 35.7 Å². The molecule has 1 fully saturated rings. The lowest BCUT2D eigenvalue weighted by Crippen LogP contribution is -2.49. The fourth-order valence-electron chi connectivity index (χ4n) is 3.85. The summed E-state index contributed by atoms with van der Waals surface area (Å²) in [7, 11) is 2.74. The van der Waals surface area contributed by atoms with Crippen LogP contribution in [0.15, 0.2) is 42.5 Å². The molecule has 0 bridgehead atoms. The molecule has 2 aromatic carbocycles. The van der Waals surface area contributed by atoms with E-state index in [0.717, 1.165) is 21.4 Å². The van der Waals surface area contributed by atoms with Crippen molar-refractivity contribution in [2.24, 2.45) is 0 Å². The molecule has 0 N–H and O–H groups in total. The Morgan fingerprint density at radius 2 is 1.80 bits per heavy atom. The second-order valence-electron chi connectivity index (χ2n) is 8.32. The third kappa shape index (κ3) is 5.50. The first kappa shape index (κ1) is 26.3. The predicted molar refractivity (Wildman–Crippen MR) is 128 cm³/mol. The van der Waals surface area contributed by atoms with E-state index in [4.69, 9.17) is 21.1 Å². The van der Waals surface area contributed by atoms with Gasteiger partial charge in [0.2, 0.25) is 5.91 Å². The number of hydrogen-bond acceptors (Lipinski definition) is 7. The molecular weight excluding hydrogens is 478 g/mol. The molecule has 3 amide bonds. The highest BCUT2D eigenvalue weighted by atomic mass is 35.5. The Morgan fingerprint density at radius 3 is 2.34 bits per heavy atom. The molecule has 0 saturated carbocycles. The van der Waals surface area contributed by atoms with Gasteiger partial charge in [0.25, 0.3) is 17.5 Å². The van der Waals surface area contributed by atoms with E-state index in [0.29, 0.717) is 5.69 Å². The maximum atomic E-state index is 13.5. The highest BCUT2D eigenvalue weighted by Gasteiger charge is 2.45. The minimum absolute atomic E-state index is 0.0629. The Kier molecular flexibility index (Phi) is 8.21. The van der Waals surface area contributed by atoms with Crippen molar-refractivity contribution in [3.05, 3.63) is 68.7 Å². The van der Waals surface area contributed by atoms with Crippen molar-refractivity contribution in [1.29, 1.82) is 0 Å². The Bertz CT molecular complexity index is 1130. The van der Waals surface area contributed by atoms with Gasteiger partial charge in [0.1, 0.15) is 11.1 Å². The fraction of sp³-hybridized carbons (Fsp3) is 0.375. The van der Waals surface area contributed by atoms with E-state index in [2.05, 4.69) is 0 Å². The zero-order valence-electron chi connectivity index (χ0n) is 19.8. The highest BCUT2D eigenvalue weighted by Crippen LogP contribution is 2.30. The first-order chi connectivity index (χ1) is 16.6. The van der Waals surface area contributed by atoms with Crippen molar-refractivity contribution < 1.29 is 28.8 Å². The molecule has 10 nitrogen and oxygen atoms in total. The van der Waals surface area contributed by atoms with Crippen LogP contribution >= 0.6 is 11.6 Å². The summed E-state index contributed by atoms with van der Waals surface area (Å²) in [6, 6.07) is 9.51. The third-order valence-corrected chi connectivity index (χ3v) is 6.16. The molecule has 2 aromatic rings. The first-order valence-electron chi connectivity index (χ1n) is 10.9. The Morgan fingerprint density at radius 1 is 1.17 bits per heavy atom. The summed E-state index contributed by atoms with van der Waals surface area (Å²) in [5.74, 6) is -1.48. The van der Waals surface area contributed by atoms with Crippen LogP contribution in [0.4, 0.5) is 11.4 Å². The van der Waals surface area contributed by atoms with E-state index in [1.807, 2.05) is 26.0 Å². The number of nitro groups is 1. The van der Waals surface area contributed by atoms with Crippen molar-refractivity contribution in [2.75, 3.05) is 25.7 Å². The van der Waals surface area contributed by atoms with Crippen molar-refractivity contribution in [1.82, 2.24) is 4.90 Å². The van der Waals surface area contributed by atoms with Gasteiger partial charge >= 0.3 is 0 Å².